The summed E-state index contributed by atoms with van der Waals surface area (Å²) in [7, 11) is -3.04. The smallest absolute Gasteiger partial charge is 0.270 e. The first kappa shape index (κ1) is 19.0. The summed E-state index contributed by atoms with van der Waals surface area (Å²) in [5.74, 6) is 0.198. The van der Waals surface area contributed by atoms with Gasteiger partial charge in [0.2, 0.25) is 5.91 Å². The Hall–Kier alpha value is -2.36. The topological polar surface area (TPSA) is 119 Å². The summed E-state index contributed by atoms with van der Waals surface area (Å²) in [5, 5.41) is 10.3. The van der Waals surface area contributed by atoms with Crippen LogP contribution >= 0.6 is 0 Å². The van der Waals surface area contributed by atoms with E-state index >= 15 is 0 Å². The van der Waals surface area contributed by atoms with Crippen molar-refractivity contribution in [2.45, 2.75) is 58.5 Å². The number of carbonyl (C=O) groups is 1. The Labute approximate surface area is 163 Å². The maximum Gasteiger partial charge on any atom is 0.270 e. The minimum Gasteiger partial charge on any atom is -0.311 e. The molecule has 0 unspecified atom stereocenters. The molecule has 1 amide bonds. The Balaban J connectivity index is 1.83. The number of hydrogen-bond donors (Lipinski definition) is 2. The fourth-order valence-electron chi connectivity index (χ4n) is 4.52. The number of fused-ring (bicyclic) bond motifs is 1. The van der Waals surface area contributed by atoms with Gasteiger partial charge >= 0.3 is 0 Å². The van der Waals surface area contributed by atoms with Crippen molar-refractivity contribution >= 4 is 21.6 Å². The van der Waals surface area contributed by atoms with Gasteiger partial charge in [-0.1, -0.05) is 0 Å². The normalized spacial score (nSPS) is 23.8. The highest BCUT2D eigenvalue weighted by molar-refractivity contribution is 7.91. The minimum atomic E-state index is -3.04. The third kappa shape index (κ3) is 2.90. The number of hydrogen-bond acceptors (Lipinski definition) is 5. The van der Waals surface area contributed by atoms with Crippen LogP contribution in [0.1, 0.15) is 67.2 Å². The van der Waals surface area contributed by atoms with Crippen molar-refractivity contribution in [3.05, 3.63) is 32.9 Å². The lowest BCUT2D eigenvalue weighted by atomic mass is 9.86. The molecule has 2 aromatic rings. The van der Waals surface area contributed by atoms with Crippen LogP contribution in [0.2, 0.25) is 0 Å². The summed E-state index contributed by atoms with van der Waals surface area (Å²) in [6, 6.07) is -0.211. The third-order valence-electron chi connectivity index (χ3n) is 5.76. The number of aromatic amines is 1. The summed E-state index contributed by atoms with van der Waals surface area (Å²) in [5.41, 5.74) is 2.71. The van der Waals surface area contributed by atoms with E-state index < -0.39 is 15.8 Å². The average Bonchev–Trinajstić information content (AvgIpc) is 3.21. The second-order valence-corrected chi connectivity index (χ2v) is 10.3. The van der Waals surface area contributed by atoms with Crippen molar-refractivity contribution in [1.82, 2.24) is 19.6 Å². The van der Waals surface area contributed by atoms with E-state index in [4.69, 9.17) is 0 Å². The van der Waals surface area contributed by atoms with Gasteiger partial charge in [0.25, 0.3) is 5.56 Å². The largest absolute Gasteiger partial charge is 0.311 e. The first-order valence-corrected chi connectivity index (χ1v) is 11.3. The maximum atomic E-state index is 12.7. The number of nitrogens with one attached hydrogen (secondary N) is 2. The molecule has 0 saturated carbocycles. The maximum absolute atomic E-state index is 12.7. The van der Waals surface area contributed by atoms with E-state index in [-0.39, 0.29) is 41.5 Å². The van der Waals surface area contributed by atoms with Crippen LogP contribution in [0.4, 0.5) is 5.82 Å². The van der Waals surface area contributed by atoms with Gasteiger partial charge in [-0.25, -0.2) is 8.42 Å². The number of rotatable bonds is 3. The Morgan fingerprint density at radius 3 is 2.50 bits per heavy atom. The first-order valence-electron chi connectivity index (χ1n) is 9.49. The van der Waals surface area contributed by atoms with Crippen LogP contribution in [0.3, 0.4) is 0 Å². The molecule has 2 aromatic heterocycles. The fraction of sp³-hybridized carbons (Fsp3) is 0.611. The quantitative estimate of drug-likeness (QED) is 0.797. The number of nitrogens with zero attached hydrogens (tertiary/aromatic N) is 3. The lowest BCUT2D eigenvalue weighted by Crippen LogP contribution is -2.27. The number of aromatic nitrogens is 4. The molecule has 0 aliphatic carbocycles. The summed E-state index contributed by atoms with van der Waals surface area (Å²) < 4.78 is 27.2. The van der Waals surface area contributed by atoms with Crippen molar-refractivity contribution in [2.75, 3.05) is 16.8 Å². The molecule has 0 radical (unpaired) electrons. The second-order valence-electron chi connectivity index (χ2n) is 8.06. The monoisotopic (exact) mass is 407 g/mol. The van der Waals surface area contributed by atoms with Crippen LogP contribution in [0.15, 0.2) is 4.79 Å². The van der Waals surface area contributed by atoms with E-state index in [1.807, 2.05) is 27.7 Å². The van der Waals surface area contributed by atoms with Crippen LogP contribution in [-0.4, -0.2) is 45.4 Å². The van der Waals surface area contributed by atoms with E-state index in [2.05, 4.69) is 15.5 Å². The lowest BCUT2D eigenvalue weighted by molar-refractivity contribution is -0.116. The van der Waals surface area contributed by atoms with Crippen LogP contribution in [0.25, 0.3) is 0 Å². The van der Waals surface area contributed by atoms with Gasteiger partial charge in [-0.3, -0.25) is 24.1 Å². The fourth-order valence-corrected chi connectivity index (χ4v) is 6.21. The SMILES string of the molecule is Cc1nn([C@H]2CCS(=O)(=O)C2)c(C)c1[C@H]1CC(=O)Nc2c1c(=O)[nH]n2C(C)C. The molecule has 9 nitrogen and oxygen atoms in total. The highest BCUT2D eigenvalue weighted by atomic mass is 32.2. The molecule has 1 saturated heterocycles. The summed E-state index contributed by atoms with van der Waals surface area (Å²) >= 11 is 0. The standard InChI is InChI=1S/C18H25N5O4S/c1-9(2)22-17-16(18(25)21-22)13(7-14(24)19-17)15-10(3)20-23(11(15)4)12-5-6-28(26,27)8-12/h9,12-13H,5-8H2,1-4H3,(H,19,24)(H,21,25)/t12-,13+/m0/s1. The van der Waals surface area contributed by atoms with Crippen molar-refractivity contribution in [3.63, 3.8) is 0 Å². The zero-order valence-electron chi connectivity index (χ0n) is 16.4. The molecule has 10 heteroatoms. The molecule has 2 aliphatic rings. The molecule has 2 atom stereocenters. The van der Waals surface area contributed by atoms with Crippen molar-refractivity contribution in [2.24, 2.45) is 0 Å². The molecular weight excluding hydrogens is 382 g/mol. The molecule has 4 heterocycles. The Bertz CT molecular complexity index is 1120. The average molecular weight is 407 g/mol. The van der Waals surface area contributed by atoms with Gasteiger partial charge in [0.05, 0.1) is 28.8 Å². The molecule has 28 heavy (non-hydrogen) atoms. The van der Waals surface area contributed by atoms with Crippen LogP contribution in [-0.2, 0) is 14.6 Å². The van der Waals surface area contributed by atoms with Crippen LogP contribution in [0.5, 0.6) is 0 Å². The van der Waals surface area contributed by atoms with Gasteiger partial charge in [-0.05, 0) is 34.1 Å². The van der Waals surface area contributed by atoms with Crippen molar-refractivity contribution in [3.8, 4) is 0 Å². The zero-order valence-corrected chi connectivity index (χ0v) is 17.3. The second kappa shape index (κ2) is 6.33. The summed E-state index contributed by atoms with van der Waals surface area (Å²) in [6.07, 6.45) is 0.693. The Kier molecular flexibility index (Phi) is 4.29. The molecule has 2 aliphatic heterocycles. The lowest BCUT2D eigenvalue weighted by Gasteiger charge is -2.24. The first-order chi connectivity index (χ1) is 13.1. The van der Waals surface area contributed by atoms with Gasteiger partial charge in [-0.2, -0.15) is 5.10 Å². The summed E-state index contributed by atoms with van der Waals surface area (Å²) in [4.78, 5) is 25.1. The zero-order chi connectivity index (χ0) is 20.4. The van der Waals surface area contributed by atoms with Gasteiger partial charge in [-0.15, -0.1) is 0 Å². The van der Waals surface area contributed by atoms with Gasteiger partial charge in [0.1, 0.15) is 5.82 Å². The van der Waals surface area contributed by atoms with Gasteiger partial charge in [0, 0.05) is 29.6 Å². The van der Waals surface area contributed by atoms with E-state index in [1.165, 1.54) is 0 Å². The number of sulfone groups is 1. The highest BCUT2D eigenvalue weighted by Gasteiger charge is 2.38. The molecular formula is C18H25N5O4S. The molecule has 0 spiro atoms. The minimum absolute atomic E-state index is 0.0101. The predicted molar refractivity (Wildman–Crippen MR) is 105 cm³/mol. The molecule has 4 rings (SSSR count). The highest BCUT2D eigenvalue weighted by Crippen LogP contribution is 2.39. The molecule has 0 bridgehead atoms. The van der Waals surface area contributed by atoms with Crippen molar-refractivity contribution in [1.29, 1.82) is 0 Å². The predicted octanol–water partition coefficient (Wildman–Crippen LogP) is 1.40. The Morgan fingerprint density at radius 1 is 1.18 bits per heavy atom. The molecule has 152 valence electrons. The number of H-pyrrole nitrogens is 1. The van der Waals surface area contributed by atoms with Crippen LogP contribution < -0.4 is 10.9 Å². The molecule has 2 N–H and O–H groups in total. The Morgan fingerprint density at radius 2 is 1.89 bits per heavy atom. The number of amides is 1. The number of aryl methyl sites for hydroxylation is 1. The van der Waals surface area contributed by atoms with Gasteiger partial charge < -0.3 is 5.32 Å². The summed E-state index contributed by atoms with van der Waals surface area (Å²) in [6.45, 7) is 7.60. The van der Waals surface area contributed by atoms with E-state index in [0.29, 0.717) is 17.8 Å². The van der Waals surface area contributed by atoms with Crippen molar-refractivity contribution < 1.29 is 13.2 Å². The third-order valence-corrected chi connectivity index (χ3v) is 7.51. The van der Waals surface area contributed by atoms with E-state index in [9.17, 15) is 18.0 Å². The number of anilines is 1. The van der Waals surface area contributed by atoms with E-state index in [1.54, 1.807) is 9.36 Å². The van der Waals surface area contributed by atoms with Gasteiger partial charge in [0.15, 0.2) is 9.84 Å². The van der Waals surface area contributed by atoms with E-state index in [0.717, 1.165) is 17.0 Å². The number of carbonyl (C=O) groups excluding carboxylic acids is 1. The molecule has 1 fully saturated rings. The molecule has 0 aromatic carbocycles. The van der Waals surface area contributed by atoms with Crippen LogP contribution in [0, 0.1) is 13.8 Å².